The molecule has 1 N–H and O–H groups in total. The first-order valence-electron chi connectivity index (χ1n) is 6.74. The van der Waals surface area contributed by atoms with Gasteiger partial charge in [-0.3, -0.25) is 20.2 Å². The van der Waals surface area contributed by atoms with Crippen molar-refractivity contribution in [1.29, 1.82) is 0 Å². The van der Waals surface area contributed by atoms with Crippen molar-refractivity contribution in [2.75, 3.05) is 13.2 Å². The van der Waals surface area contributed by atoms with E-state index in [1.807, 2.05) is 13.8 Å². The maximum Gasteiger partial charge on any atom is 0.326 e. The summed E-state index contributed by atoms with van der Waals surface area (Å²) < 4.78 is 10.4. The smallest absolute Gasteiger partial charge is 0.326 e. The van der Waals surface area contributed by atoms with Crippen LogP contribution in [0, 0.1) is 10.1 Å². The Balaban J connectivity index is 2.69. The second-order valence-corrected chi connectivity index (χ2v) is 4.69. The van der Waals surface area contributed by atoms with Crippen LogP contribution in [-0.4, -0.2) is 36.2 Å². The lowest BCUT2D eigenvalue weighted by Crippen LogP contribution is -2.45. The summed E-state index contributed by atoms with van der Waals surface area (Å²) in [5.41, 5.74) is -0.0583. The van der Waals surface area contributed by atoms with Gasteiger partial charge in [0.2, 0.25) is 0 Å². The third-order valence-corrected chi connectivity index (χ3v) is 2.55. The summed E-state index contributed by atoms with van der Waals surface area (Å²) >= 11 is 0. The summed E-state index contributed by atoms with van der Waals surface area (Å²) in [7, 11) is 0. The van der Waals surface area contributed by atoms with Gasteiger partial charge in [-0.1, -0.05) is 19.9 Å². The predicted molar refractivity (Wildman–Crippen MR) is 77.3 cm³/mol. The van der Waals surface area contributed by atoms with Crippen molar-refractivity contribution in [3.05, 3.63) is 34.4 Å². The molecule has 0 radical (unpaired) electrons. The van der Waals surface area contributed by atoms with Crippen LogP contribution in [0.5, 0.6) is 5.75 Å². The first kappa shape index (κ1) is 16.9. The van der Waals surface area contributed by atoms with Crippen LogP contribution in [-0.2, 0) is 9.53 Å². The Morgan fingerprint density at radius 1 is 1.43 bits per heavy atom. The van der Waals surface area contributed by atoms with Crippen LogP contribution in [0.1, 0.15) is 20.8 Å². The van der Waals surface area contributed by atoms with E-state index in [2.05, 4.69) is 5.32 Å². The molecule has 0 heterocycles. The molecule has 7 nitrogen and oxygen atoms in total. The molecule has 0 fully saturated rings. The van der Waals surface area contributed by atoms with E-state index in [1.54, 1.807) is 13.0 Å². The van der Waals surface area contributed by atoms with Crippen LogP contribution in [0.4, 0.5) is 5.69 Å². The second kappa shape index (κ2) is 8.21. The first-order valence-corrected chi connectivity index (χ1v) is 6.74. The summed E-state index contributed by atoms with van der Waals surface area (Å²) in [5, 5.41) is 13.7. The number of nitrogens with zero attached hydrogens (tertiary/aromatic N) is 1. The first-order chi connectivity index (χ1) is 9.93. The average molecular weight is 296 g/mol. The number of nitro benzene ring substituents is 1. The van der Waals surface area contributed by atoms with Crippen molar-refractivity contribution in [2.24, 2.45) is 0 Å². The zero-order valence-corrected chi connectivity index (χ0v) is 12.4. The van der Waals surface area contributed by atoms with Gasteiger partial charge in [-0.2, -0.15) is 0 Å². The van der Waals surface area contributed by atoms with E-state index < -0.39 is 16.9 Å². The number of nitrogens with one attached hydrogen (secondary N) is 1. The highest BCUT2D eigenvalue weighted by Crippen LogP contribution is 2.19. The lowest BCUT2D eigenvalue weighted by Gasteiger charge is -2.20. The Bertz CT molecular complexity index is 490. The van der Waals surface area contributed by atoms with Gasteiger partial charge in [0.25, 0.3) is 5.69 Å². The molecule has 0 amide bonds. The molecule has 0 spiro atoms. The summed E-state index contributed by atoms with van der Waals surface area (Å²) in [6, 6.07) is 5.28. The average Bonchev–Trinajstić information content (AvgIpc) is 2.43. The van der Waals surface area contributed by atoms with E-state index in [0.29, 0.717) is 5.75 Å². The Morgan fingerprint density at radius 2 is 2.14 bits per heavy atom. The highest BCUT2D eigenvalue weighted by Gasteiger charge is 2.21. The van der Waals surface area contributed by atoms with E-state index >= 15 is 0 Å². The van der Waals surface area contributed by atoms with Gasteiger partial charge in [-0.05, 0) is 13.0 Å². The Kier molecular flexibility index (Phi) is 6.61. The molecular formula is C14H20N2O5. The summed E-state index contributed by atoms with van der Waals surface area (Å²) in [4.78, 5) is 22.0. The molecule has 0 aliphatic carbocycles. The fourth-order valence-corrected chi connectivity index (χ4v) is 1.70. The van der Waals surface area contributed by atoms with Gasteiger partial charge in [0.1, 0.15) is 18.4 Å². The van der Waals surface area contributed by atoms with Crippen LogP contribution in [0.25, 0.3) is 0 Å². The molecule has 0 saturated carbocycles. The van der Waals surface area contributed by atoms with Crippen molar-refractivity contribution in [1.82, 2.24) is 5.32 Å². The molecule has 7 heteroatoms. The number of carbonyl (C=O) groups is 1. The third-order valence-electron chi connectivity index (χ3n) is 2.55. The zero-order chi connectivity index (χ0) is 15.8. The molecule has 116 valence electrons. The molecule has 0 aliphatic heterocycles. The molecule has 1 unspecified atom stereocenters. The Hall–Kier alpha value is -2.15. The van der Waals surface area contributed by atoms with Crippen molar-refractivity contribution in [2.45, 2.75) is 32.9 Å². The summed E-state index contributed by atoms with van der Waals surface area (Å²) in [5.74, 6) is -0.0688. The molecule has 0 aliphatic rings. The number of nitro groups is 1. The minimum absolute atomic E-state index is 0.0399. The molecule has 1 rings (SSSR count). The molecule has 0 saturated heterocycles. The van der Waals surface area contributed by atoms with Crippen LogP contribution in [0.3, 0.4) is 0 Å². The fourth-order valence-electron chi connectivity index (χ4n) is 1.70. The number of benzene rings is 1. The summed E-state index contributed by atoms with van der Waals surface area (Å²) in [6.45, 7) is 5.86. The van der Waals surface area contributed by atoms with Crippen LogP contribution < -0.4 is 10.1 Å². The normalized spacial score (nSPS) is 12.0. The molecule has 0 aromatic heterocycles. The fraction of sp³-hybridized carbons (Fsp3) is 0.500. The Labute approximate surface area is 123 Å². The van der Waals surface area contributed by atoms with Gasteiger partial charge in [-0.25, -0.2) is 0 Å². The number of non-ortho nitro benzene ring substituents is 1. The van der Waals surface area contributed by atoms with Crippen LogP contribution in [0.15, 0.2) is 24.3 Å². The maximum atomic E-state index is 11.8. The minimum Gasteiger partial charge on any atom is -0.491 e. The van der Waals surface area contributed by atoms with E-state index in [4.69, 9.17) is 9.47 Å². The molecule has 21 heavy (non-hydrogen) atoms. The van der Waals surface area contributed by atoms with E-state index in [9.17, 15) is 14.9 Å². The van der Waals surface area contributed by atoms with Gasteiger partial charge in [0.05, 0.1) is 17.6 Å². The van der Waals surface area contributed by atoms with Crippen LogP contribution >= 0.6 is 0 Å². The topological polar surface area (TPSA) is 90.7 Å². The largest absolute Gasteiger partial charge is 0.491 e. The molecule has 0 bridgehead atoms. The highest BCUT2D eigenvalue weighted by atomic mass is 16.6. The number of carbonyl (C=O) groups excluding carboxylic acids is 1. The molecule has 1 aromatic rings. The number of hydrogen-bond donors (Lipinski definition) is 1. The Morgan fingerprint density at radius 3 is 2.71 bits per heavy atom. The lowest BCUT2D eigenvalue weighted by atomic mass is 10.2. The van der Waals surface area contributed by atoms with Gasteiger partial charge in [-0.15, -0.1) is 0 Å². The minimum atomic E-state index is -0.621. The molecule has 1 aromatic carbocycles. The van der Waals surface area contributed by atoms with Gasteiger partial charge < -0.3 is 9.47 Å². The van der Waals surface area contributed by atoms with Gasteiger partial charge in [0.15, 0.2) is 0 Å². The van der Waals surface area contributed by atoms with Crippen molar-refractivity contribution < 1.29 is 19.2 Å². The van der Waals surface area contributed by atoms with E-state index in [1.165, 1.54) is 18.2 Å². The number of ether oxygens (including phenoxy) is 2. The lowest BCUT2D eigenvalue weighted by molar-refractivity contribution is -0.384. The predicted octanol–water partition coefficient (Wildman–Crippen LogP) is 1.90. The molecule has 1 atom stereocenters. The standard InChI is InChI=1S/C14H20N2O5/c1-4-20-14(17)13(15-10(2)3)9-21-12-7-5-6-11(8-12)16(18)19/h5-8,10,13,15H,4,9H2,1-3H3. The van der Waals surface area contributed by atoms with E-state index in [-0.39, 0.29) is 24.9 Å². The second-order valence-electron chi connectivity index (χ2n) is 4.69. The SMILES string of the molecule is CCOC(=O)C(COc1cccc([N+](=O)[O-])c1)NC(C)C. The van der Waals surface area contributed by atoms with Crippen molar-refractivity contribution in [3.8, 4) is 5.75 Å². The monoisotopic (exact) mass is 296 g/mol. The quantitative estimate of drug-likeness (QED) is 0.447. The third kappa shape index (κ3) is 5.78. The van der Waals surface area contributed by atoms with Crippen molar-refractivity contribution >= 4 is 11.7 Å². The maximum absolute atomic E-state index is 11.8. The molecular weight excluding hydrogens is 276 g/mol. The van der Waals surface area contributed by atoms with Gasteiger partial charge in [0, 0.05) is 12.1 Å². The van der Waals surface area contributed by atoms with E-state index in [0.717, 1.165) is 0 Å². The zero-order valence-electron chi connectivity index (χ0n) is 12.4. The van der Waals surface area contributed by atoms with Crippen molar-refractivity contribution in [3.63, 3.8) is 0 Å². The summed E-state index contributed by atoms with van der Waals surface area (Å²) in [6.07, 6.45) is 0. The number of rotatable bonds is 8. The number of hydrogen-bond acceptors (Lipinski definition) is 6. The highest BCUT2D eigenvalue weighted by molar-refractivity contribution is 5.76. The number of esters is 1. The van der Waals surface area contributed by atoms with Gasteiger partial charge >= 0.3 is 5.97 Å². The van der Waals surface area contributed by atoms with Crippen LogP contribution in [0.2, 0.25) is 0 Å².